The van der Waals surface area contributed by atoms with Gasteiger partial charge in [-0.15, -0.1) is 11.8 Å². The van der Waals surface area contributed by atoms with E-state index in [1.54, 1.807) is 23.4 Å². The first-order chi connectivity index (χ1) is 11.1. The summed E-state index contributed by atoms with van der Waals surface area (Å²) in [6.07, 6.45) is 0. The summed E-state index contributed by atoms with van der Waals surface area (Å²) in [7, 11) is 1.79. The number of benzene rings is 2. The number of rotatable bonds is 4. The van der Waals surface area contributed by atoms with Crippen LogP contribution in [0, 0.1) is 0 Å². The fourth-order valence-corrected chi connectivity index (χ4v) is 3.37. The summed E-state index contributed by atoms with van der Waals surface area (Å²) in [5.74, 6) is 2.01. The van der Waals surface area contributed by atoms with Gasteiger partial charge in [0, 0.05) is 11.9 Å². The molecule has 0 bridgehead atoms. The van der Waals surface area contributed by atoms with Crippen LogP contribution in [0.15, 0.2) is 58.2 Å². The van der Waals surface area contributed by atoms with Gasteiger partial charge in [0.1, 0.15) is 5.82 Å². The van der Waals surface area contributed by atoms with E-state index in [4.69, 9.17) is 0 Å². The van der Waals surface area contributed by atoms with Crippen LogP contribution in [0.5, 0.6) is 0 Å². The normalized spacial score (nSPS) is 11.3. The molecule has 1 heterocycles. The van der Waals surface area contributed by atoms with Gasteiger partial charge in [-0.3, -0.25) is 9.36 Å². The number of fused-ring (bicyclic) bond motifs is 1. The molecule has 3 aromatic rings. The predicted molar refractivity (Wildman–Crippen MR) is 97.1 cm³/mol. The largest absolute Gasteiger partial charge is 0.299 e. The van der Waals surface area contributed by atoms with Gasteiger partial charge >= 0.3 is 0 Å². The van der Waals surface area contributed by atoms with Gasteiger partial charge in [0.25, 0.3) is 5.56 Å². The highest BCUT2D eigenvalue weighted by molar-refractivity contribution is 7.98. The summed E-state index contributed by atoms with van der Waals surface area (Å²) >= 11 is 1.70. The Kier molecular flexibility index (Phi) is 4.53. The van der Waals surface area contributed by atoms with Crippen LogP contribution in [0.1, 0.15) is 31.2 Å². The highest BCUT2D eigenvalue weighted by Gasteiger charge is 2.08. The number of thioether (sulfide) groups is 1. The Morgan fingerprint density at radius 3 is 2.48 bits per heavy atom. The molecular formula is C19H20N2OS. The quantitative estimate of drug-likeness (QED) is 0.669. The van der Waals surface area contributed by atoms with Crippen molar-refractivity contribution in [3.8, 4) is 0 Å². The Hall–Kier alpha value is -2.07. The molecule has 0 fully saturated rings. The molecule has 118 valence electrons. The Morgan fingerprint density at radius 1 is 1.09 bits per heavy atom. The van der Waals surface area contributed by atoms with Crippen LogP contribution in [-0.2, 0) is 12.8 Å². The number of para-hydroxylation sites is 1. The number of nitrogens with zero attached hydrogens (tertiary/aromatic N) is 2. The zero-order valence-electron chi connectivity index (χ0n) is 13.6. The number of aromatic nitrogens is 2. The molecule has 0 unspecified atom stereocenters. The third kappa shape index (κ3) is 3.32. The lowest BCUT2D eigenvalue weighted by molar-refractivity contribution is 0.785. The molecule has 3 nitrogen and oxygen atoms in total. The SMILES string of the molecule is CC(C)c1ccc(SCc2nc3ccccc3c(=O)n2C)cc1. The topological polar surface area (TPSA) is 34.9 Å². The van der Waals surface area contributed by atoms with Crippen LogP contribution in [0.25, 0.3) is 10.9 Å². The Bertz CT molecular complexity index is 882. The summed E-state index contributed by atoms with van der Waals surface area (Å²) in [6, 6.07) is 16.1. The molecule has 0 amide bonds. The van der Waals surface area contributed by atoms with Crippen molar-refractivity contribution in [2.75, 3.05) is 0 Å². The average Bonchev–Trinajstić information content (AvgIpc) is 2.57. The zero-order valence-corrected chi connectivity index (χ0v) is 14.4. The second kappa shape index (κ2) is 6.59. The molecule has 3 rings (SSSR count). The van der Waals surface area contributed by atoms with E-state index in [2.05, 4.69) is 43.1 Å². The summed E-state index contributed by atoms with van der Waals surface area (Å²) in [4.78, 5) is 18.2. The van der Waals surface area contributed by atoms with Crippen molar-refractivity contribution in [2.24, 2.45) is 7.05 Å². The van der Waals surface area contributed by atoms with E-state index in [9.17, 15) is 4.79 Å². The smallest absolute Gasteiger partial charge is 0.261 e. The predicted octanol–water partition coefficient (Wildman–Crippen LogP) is 4.35. The van der Waals surface area contributed by atoms with Gasteiger partial charge in [0.15, 0.2) is 0 Å². The Labute approximate surface area is 140 Å². The van der Waals surface area contributed by atoms with Crippen molar-refractivity contribution < 1.29 is 0 Å². The van der Waals surface area contributed by atoms with Crippen LogP contribution < -0.4 is 5.56 Å². The van der Waals surface area contributed by atoms with E-state index in [1.807, 2.05) is 24.3 Å². The second-order valence-corrected chi connectivity index (χ2v) is 6.97. The van der Waals surface area contributed by atoms with Crippen LogP contribution in [0.3, 0.4) is 0 Å². The van der Waals surface area contributed by atoms with Crippen molar-refractivity contribution in [1.29, 1.82) is 0 Å². The maximum absolute atomic E-state index is 12.4. The van der Waals surface area contributed by atoms with Crippen molar-refractivity contribution in [3.05, 3.63) is 70.3 Å². The lowest BCUT2D eigenvalue weighted by Gasteiger charge is -2.10. The fourth-order valence-electron chi connectivity index (χ4n) is 2.49. The number of hydrogen-bond donors (Lipinski definition) is 0. The Balaban J connectivity index is 1.84. The zero-order chi connectivity index (χ0) is 16.4. The lowest BCUT2D eigenvalue weighted by Crippen LogP contribution is -2.21. The van der Waals surface area contributed by atoms with Gasteiger partial charge in [-0.2, -0.15) is 0 Å². The summed E-state index contributed by atoms with van der Waals surface area (Å²) in [6.45, 7) is 4.38. The molecule has 4 heteroatoms. The van der Waals surface area contributed by atoms with Crippen molar-refractivity contribution >= 4 is 22.7 Å². The first-order valence-electron chi connectivity index (χ1n) is 7.73. The fraction of sp³-hybridized carbons (Fsp3) is 0.263. The molecule has 0 aliphatic carbocycles. The van der Waals surface area contributed by atoms with E-state index < -0.39 is 0 Å². The molecule has 0 saturated carbocycles. The van der Waals surface area contributed by atoms with Gasteiger partial charge in [0.05, 0.1) is 16.7 Å². The third-order valence-electron chi connectivity index (χ3n) is 3.99. The molecule has 0 aliphatic heterocycles. The molecule has 0 aliphatic rings. The molecule has 0 atom stereocenters. The van der Waals surface area contributed by atoms with Gasteiger partial charge in [-0.05, 0) is 35.7 Å². The van der Waals surface area contributed by atoms with Crippen LogP contribution in [0.4, 0.5) is 0 Å². The average molecular weight is 324 g/mol. The molecule has 23 heavy (non-hydrogen) atoms. The summed E-state index contributed by atoms with van der Waals surface area (Å²) in [5.41, 5.74) is 2.12. The summed E-state index contributed by atoms with van der Waals surface area (Å²) < 4.78 is 1.65. The maximum Gasteiger partial charge on any atom is 0.261 e. The highest BCUT2D eigenvalue weighted by atomic mass is 32.2. The van der Waals surface area contributed by atoms with Gasteiger partial charge in [0.2, 0.25) is 0 Å². The standard InChI is InChI=1S/C19H20N2OS/c1-13(2)14-8-10-15(11-9-14)23-12-18-20-17-7-5-4-6-16(17)19(22)21(18)3/h4-11,13H,12H2,1-3H3. The van der Waals surface area contributed by atoms with Crippen LogP contribution >= 0.6 is 11.8 Å². The third-order valence-corrected chi connectivity index (χ3v) is 5.00. The molecule has 2 aromatic carbocycles. The molecule has 0 saturated heterocycles. The maximum atomic E-state index is 12.4. The lowest BCUT2D eigenvalue weighted by atomic mass is 10.0. The van der Waals surface area contributed by atoms with Gasteiger partial charge in [-0.25, -0.2) is 4.98 Å². The minimum Gasteiger partial charge on any atom is -0.299 e. The Morgan fingerprint density at radius 2 is 1.78 bits per heavy atom. The highest BCUT2D eigenvalue weighted by Crippen LogP contribution is 2.24. The second-order valence-electron chi connectivity index (χ2n) is 5.92. The van der Waals surface area contributed by atoms with E-state index in [0.29, 0.717) is 17.1 Å². The van der Waals surface area contributed by atoms with Gasteiger partial charge < -0.3 is 0 Å². The molecule has 0 radical (unpaired) electrons. The minimum absolute atomic E-state index is 0.0151. The monoisotopic (exact) mass is 324 g/mol. The first-order valence-corrected chi connectivity index (χ1v) is 8.72. The first kappa shape index (κ1) is 15.8. The molecular weight excluding hydrogens is 304 g/mol. The van der Waals surface area contributed by atoms with E-state index >= 15 is 0 Å². The summed E-state index contributed by atoms with van der Waals surface area (Å²) in [5, 5.41) is 0.671. The molecule has 0 spiro atoms. The van der Waals surface area contributed by atoms with Crippen molar-refractivity contribution in [1.82, 2.24) is 9.55 Å². The molecule has 1 aromatic heterocycles. The minimum atomic E-state index is 0.0151. The van der Waals surface area contributed by atoms with Crippen LogP contribution in [0.2, 0.25) is 0 Å². The van der Waals surface area contributed by atoms with Crippen LogP contribution in [-0.4, -0.2) is 9.55 Å². The van der Waals surface area contributed by atoms with Crippen molar-refractivity contribution in [2.45, 2.75) is 30.4 Å². The number of hydrogen-bond acceptors (Lipinski definition) is 3. The van der Waals surface area contributed by atoms with E-state index in [0.717, 1.165) is 11.3 Å². The molecule has 0 N–H and O–H groups in total. The van der Waals surface area contributed by atoms with E-state index in [-0.39, 0.29) is 5.56 Å². The van der Waals surface area contributed by atoms with Gasteiger partial charge in [-0.1, -0.05) is 38.1 Å². The van der Waals surface area contributed by atoms with E-state index in [1.165, 1.54) is 10.5 Å². The van der Waals surface area contributed by atoms with Crippen molar-refractivity contribution in [3.63, 3.8) is 0 Å².